The second-order valence-electron chi connectivity index (χ2n) is 4.15. The SMILES string of the molecule is CCn1nccc1CNC(=S)Nc1ccccc1OC. The van der Waals surface area contributed by atoms with Crippen LogP contribution < -0.4 is 15.4 Å². The number of benzene rings is 1. The summed E-state index contributed by atoms with van der Waals surface area (Å²) in [7, 11) is 1.64. The van der Waals surface area contributed by atoms with Gasteiger partial charge in [0.2, 0.25) is 0 Å². The van der Waals surface area contributed by atoms with Crippen LogP contribution in [0.4, 0.5) is 5.69 Å². The maximum atomic E-state index is 5.29. The van der Waals surface area contributed by atoms with Crippen LogP contribution in [-0.4, -0.2) is 22.0 Å². The van der Waals surface area contributed by atoms with Crippen LogP contribution in [0.2, 0.25) is 0 Å². The zero-order chi connectivity index (χ0) is 14.4. The second kappa shape index (κ2) is 6.91. The lowest BCUT2D eigenvalue weighted by molar-refractivity contribution is 0.417. The summed E-state index contributed by atoms with van der Waals surface area (Å²) in [5.41, 5.74) is 1.94. The average molecular weight is 290 g/mol. The molecule has 5 nitrogen and oxygen atoms in total. The van der Waals surface area contributed by atoms with Gasteiger partial charge in [0.1, 0.15) is 5.75 Å². The van der Waals surface area contributed by atoms with Crippen LogP contribution in [0, 0.1) is 0 Å². The van der Waals surface area contributed by atoms with Crippen molar-refractivity contribution in [3.63, 3.8) is 0 Å². The third kappa shape index (κ3) is 3.48. The van der Waals surface area contributed by atoms with Crippen LogP contribution in [0.1, 0.15) is 12.6 Å². The number of hydrogen-bond donors (Lipinski definition) is 2. The molecule has 0 radical (unpaired) electrons. The van der Waals surface area contributed by atoms with Crippen molar-refractivity contribution in [1.82, 2.24) is 15.1 Å². The van der Waals surface area contributed by atoms with Gasteiger partial charge in [0.05, 0.1) is 25.0 Å². The Morgan fingerprint density at radius 3 is 2.90 bits per heavy atom. The number of methoxy groups -OCH3 is 1. The molecule has 0 atom stereocenters. The number of thiocarbonyl (C=S) groups is 1. The minimum atomic E-state index is 0.554. The van der Waals surface area contributed by atoms with Crippen molar-refractivity contribution in [3.8, 4) is 5.75 Å². The van der Waals surface area contributed by atoms with E-state index in [2.05, 4.69) is 22.7 Å². The molecular formula is C14H18N4OS. The predicted molar refractivity (Wildman–Crippen MR) is 84.0 cm³/mol. The van der Waals surface area contributed by atoms with Crippen molar-refractivity contribution < 1.29 is 4.74 Å². The number of nitrogens with zero attached hydrogens (tertiary/aromatic N) is 2. The summed E-state index contributed by atoms with van der Waals surface area (Å²) in [5, 5.41) is 11.1. The quantitative estimate of drug-likeness (QED) is 0.828. The van der Waals surface area contributed by atoms with E-state index in [4.69, 9.17) is 17.0 Å². The third-order valence-corrected chi connectivity index (χ3v) is 3.14. The zero-order valence-corrected chi connectivity index (χ0v) is 12.4. The summed E-state index contributed by atoms with van der Waals surface area (Å²) < 4.78 is 7.20. The molecule has 0 aliphatic carbocycles. The molecule has 2 rings (SSSR count). The maximum Gasteiger partial charge on any atom is 0.171 e. The lowest BCUT2D eigenvalue weighted by atomic mass is 10.3. The molecule has 0 amide bonds. The Kier molecular flexibility index (Phi) is 4.95. The summed E-state index contributed by atoms with van der Waals surface area (Å²) in [6, 6.07) is 9.63. The molecule has 0 unspecified atom stereocenters. The molecule has 1 aromatic heterocycles. The van der Waals surface area contributed by atoms with E-state index in [-0.39, 0.29) is 0 Å². The van der Waals surface area contributed by atoms with Gasteiger partial charge in [-0.2, -0.15) is 5.10 Å². The van der Waals surface area contributed by atoms with Gasteiger partial charge in [-0.3, -0.25) is 4.68 Å². The fourth-order valence-electron chi connectivity index (χ4n) is 1.88. The average Bonchev–Trinajstić information content (AvgIpc) is 2.93. The monoisotopic (exact) mass is 290 g/mol. The Morgan fingerprint density at radius 2 is 2.15 bits per heavy atom. The highest BCUT2D eigenvalue weighted by Crippen LogP contribution is 2.22. The fourth-order valence-corrected chi connectivity index (χ4v) is 2.06. The van der Waals surface area contributed by atoms with Gasteiger partial charge in [-0.1, -0.05) is 12.1 Å². The minimum Gasteiger partial charge on any atom is -0.495 e. The van der Waals surface area contributed by atoms with Crippen LogP contribution in [0.15, 0.2) is 36.5 Å². The molecule has 0 aliphatic rings. The summed E-state index contributed by atoms with van der Waals surface area (Å²) >= 11 is 5.29. The highest BCUT2D eigenvalue weighted by Gasteiger charge is 2.05. The van der Waals surface area contributed by atoms with E-state index in [1.165, 1.54) is 0 Å². The number of hydrogen-bond acceptors (Lipinski definition) is 3. The van der Waals surface area contributed by atoms with Crippen LogP contribution in [0.5, 0.6) is 5.75 Å². The molecule has 0 spiro atoms. The number of nitrogens with one attached hydrogen (secondary N) is 2. The molecule has 106 valence electrons. The number of aromatic nitrogens is 2. The highest BCUT2D eigenvalue weighted by atomic mass is 32.1. The molecule has 0 fully saturated rings. The lowest BCUT2D eigenvalue weighted by Gasteiger charge is -2.13. The molecule has 1 heterocycles. The molecular weight excluding hydrogens is 272 g/mol. The number of ether oxygens (including phenoxy) is 1. The molecule has 0 saturated carbocycles. The van der Waals surface area contributed by atoms with E-state index < -0.39 is 0 Å². The lowest BCUT2D eigenvalue weighted by Crippen LogP contribution is -2.29. The summed E-state index contributed by atoms with van der Waals surface area (Å²) in [6.45, 7) is 3.54. The van der Waals surface area contributed by atoms with Crippen LogP contribution >= 0.6 is 12.2 Å². The first-order valence-corrected chi connectivity index (χ1v) is 6.84. The number of aryl methyl sites for hydroxylation is 1. The Labute approximate surface area is 123 Å². The van der Waals surface area contributed by atoms with E-state index in [1.807, 2.05) is 35.0 Å². The first kappa shape index (κ1) is 14.3. The molecule has 2 N–H and O–H groups in total. The Hall–Kier alpha value is -2.08. The fraction of sp³-hybridized carbons (Fsp3) is 0.286. The highest BCUT2D eigenvalue weighted by molar-refractivity contribution is 7.80. The van der Waals surface area contributed by atoms with Crippen molar-refractivity contribution in [2.45, 2.75) is 20.0 Å². The van der Waals surface area contributed by atoms with Gasteiger partial charge in [0.25, 0.3) is 0 Å². The molecule has 2 aromatic rings. The molecule has 1 aromatic carbocycles. The number of rotatable bonds is 5. The summed E-state index contributed by atoms with van der Waals surface area (Å²) in [6.07, 6.45) is 1.79. The largest absolute Gasteiger partial charge is 0.495 e. The van der Waals surface area contributed by atoms with Crippen molar-refractivity contribution in [1.29, 1.82) is 0 Å². The van der Waals surface area contributed by atoms with E-state index in [9.17, 15) is 0 Å². The van der Waals surface area contributed by atoms with Gasteiger partial charge < -0.3 is 15.4 Å². The Morgan fingerprint density at radius 1 is 1.35 bits per heavy atom. The summed E-state index contributed by atoms with van der Waals surface area (Å²) in [4.78, 5) is 0. The van der Waals surface area contributed by atoms with E-state index in [1.54, 1.807) is 13.3 Å². The van der Waals surface area contributed by atoms with Gasteiger partial charge in [-0.05, 0) is 37.3 Å². The minimum absolute atomic E-state index is 0.554. The topological polar surface area (TPSA) is 51.1 Å². The smallest absolute Gasteiger partial charge is 0.171 e. The van der Waals surface area contributed by atoms with E-state index >= 15 is 0 Å². The first-order chi connectivity index (χ1) is 9.74. The van der Waals surface area contributed by atoms with Crippen molar-refractivity contribution in [2.24, 2.45) is 0 Å². The van der Waals surface area contributed by atoms with Gasteiger partial charge in [0, 0.05) is 12.7 Å². The third-order valence-electron chi connectivity index (χ3n) is 2.89. The van der Waals surface area contributed by atoms with Gasteiger partial charge in [-0.25, -0.2) is 0 Å². The van der Waals surface area contributed by atoms with Crippen LogP contribution in [0.3, 0.4) is 0 Å². The number of anilines is 1. The molecule has 0 aliphatic heterocycles. The summed E-state index contributed by atoms with van der Waals surface area (Å²) in [5.74, 6) is 0.759. The van der Waals surface area contributed by atoms with Crippen molar-refractivity contribution >= 4 is 23.0 Å². The Balaban J connectivity index is 1.93. The predicted octanol–water partition coefficient (Wildman–Crippen LogP) is 2.40. The van der Waals surface area contributed by atoms with Crippen molar-refractivity contribution in [3.05, 3.63) is 42.2 Å². The second-order valence-corrected chi connectivity index (χ2v) is 4.55. The molecule has 6 heteroatoms. The van der Waals surface area contributed by atoms with Gasteiger partial charge >= 0.3 is 0 Å². The van der Waals surface area contributed by atoms with Crippen molar-refractivity contribution in [2.75, 3.05) is 12.4 Å². The van der Waals surface area contributed by atoms with Gasteiger partial charge in [-0.15, -0.1) is 0 Å². The standard InChI is InChI=1S/C14H18N4OS/c1-3-18-11(8-9-16-18)10-15-14(20)17-12-6-4-5-7-13(12)19-2/h4-9H,3,10H2,1-2H3,(H2,15,17,20). The van der Waals surface area contributed by atoms with E-state index in [0.29, 0.717) is 11.7 Å². The van der Waals surface area contributed by atoms with Gasteiger partial charge in [0.15, 0.2) is 5.11 Å². The molecule has 20 heavy (non-hydrogen) atoms. The Bertz CT molecular complexity index is 582. The maximum absolute atomic E-state index is 5.29. The van der Waals surface area contributed by atoms with E-state index in [0.717, 1.165) is 23.7 Å². The zero-order valence-electron chi connectivity index (χ0n) is 11.6. The molecule has 0 saturated heterocycles. The first-order valence-electron chi connectivity index (χ1n) is 6.43. The number of para-hydroxylation sites is 2. The van der Waals surface area contributed by atoms with Crippen LogP contribution in [0.25, 0.3) is 0 Å². The normalized spacial score (nSPS) is 10.1. The molecule has 0 bridgehead atoms. The van der Waals surface area contributed by atoms with Crippen LogP contribution in [-0.2, 0) is 13.1 Å².